The van der Waals surface area contributed by atoms with Crippen LogP contribution in [0.1, 0.15) is 36.5 Å². The number of amides is 1. The van der Waals surface area contributed by atoms with Crippen molar-refractivity contribution in [2.75, 3.05) is 31.6 Å². The Morgan fingerprint density at radius 2 is 1.86 bits per heavy atom. The van der Waals surface area contributed by atoms with Crippen LogP contribution in [-0.4, -0.2) is 47.9 Å². The van der Waals surface area contributed by atoms with Gasteiger partial charge in [0.25, 0.3) is 11.5 Å². The summed E-state index contributed by atoms with van der Waals surface area (Å²) < 4.78 is 54.8. The van der Waals surface area contributed by atoms with Crippen LogP contribution < -0.4 is 35.1 Å². The van der Waals surface area contributed by atoms with Gasteiger partial charge in [-0.15, -0.1) is 0 Å². The van der Waals surface area contributed by atoms with E-state index in [1.807, 2.05) is 0 Å². The third-order valence-corrected chi connectivity index (χ3v) is 8.69. The topological polar surface area (TPSA) is 113 Å². The quantitative estimate of drug-likeness (QED) is 0.180. The number of carbonyl (C=O) groups is 1. The van der Waals surface area contributed by atoms with Crippen LogP contribution in [0.15, 0.2) is 83.9 Å². The van der Waals surface area contributed by atoms with Gasteiger partial charge in [0, 0.05) is 48.4 Å². The average molecular weight is 669 g/mol. The summed E-state index contributed by atoms with van der Waals surface area (Å²) in [5.74, 6) is 0.0199. The molecule has 1 saturated heterocycles. The van der Waals surface area contributed by atoms with Gasteiger partial charge in [0.1, 0.15) is 36.4 Å². The van der Waals surface area contributed by atoms with E-state index in [-0.39, 0.29) is 23.1 Å². The number of nitrogens with zero attached hydrogens (tertiary/aromatic N) is 2. The van der Waals surface area contributed by atoms with E-state index in [1.165, 1.54) is 59.3 Å². The normalized spacial score (nSPS) is 16.2. The molecular weight excluding hydrogens is 634 g/mol. The molecular formula is C37H34F2N4O6. The molecule has 10 nitrogen and oxygen atoms in total. The van der Waals surface area contributed by atoms with Crippen molar-refractivity contribution in [1.29, 1.82) is 0 Å². The van der Waals surface area contributed by atoms with Crippen molar-refractivity contribution >= 4 is 22.5 Å². The first-order valence-electron chi connectivity index (χ1n) is 16.2. The minimum Gasteiger partial charge on any atom is -0.486 e. The predicted octanol–water partition coefficient (Wildman–Crippen LogP) is 6.64. The van der Waals surface area contributed by atoms with Crippen molar-refractivity contribution in [1.82, 2.24) is 14.9 Å². The number of benzene rings is 3. The van der Waals surface area contributed by atoms with E-state index in [0.29, 0.717) is 58.7 Å². The monoisotopic (exact) mass is 668 g/mol. The molecule has 2 aliphatic heterocycles. The molecule has 252 valence electrons. The average Bonchev–Trinajstić information content (AvgIpc) is 3.12. The molecule has 7 rings (SSSR count). The van der Waals surface area contributed by atoms with E-state index in [4.69, 9.17) is 18.9 Å². The molecule has 2 N–H and O–H groups in total. The second kappa shape index (κ2) is 13.9. The van der Waals surface area contributed by atoms with Crippen LogP contribution in [-0.2, 0) is 0 Å². The van der Waals surface area contributed by atoms with Crippen molar-refractivity contribution in [3.05, 3.63) is 107 Å². The van der Waals surface area contributed by atoms with Crippen molar-refractivity contribution in [3.8, 4) is 34.4 Å². The molecule has 2 aromatic heterocycles. The molecule has 5 aromatic rings. The standard InChI is InChI=1S/C37H34F2N4O6/c1-2-29(22-5-3-14-40-21-22)48-32-20-28-33(35-34(32)46-17-18-47-35)31(13-15-41-28)49-30-12-9-24(19-27(30)39)42-36(44)26-6-4-16-43(37(26)45)25-10-7-23(38)8-11-25/h4,6-13,15-16,19-20,22,29,40H,2-3,5,14,17-18,21H2,1H3,(H,42,44). The number of carbonyl (C=O) groups excluding carboxylic acids is 1. The summed E-state index contributed by atoms with van der Waals surface area (Å²) in [6, 6.07) is 15.5. The Morgan fingerprint density at radius 1 is 1.04 bits per heavy atom. The third kappa shape index (κ3) is 6.64. The van der Waals surface area contributed by atoms with E-state index in [1.54, 1.807) is 18.3 Å². The Balaban J connectivity index is 1.13. The Bertz CT molecular complexity index is 2060. The lowest BCUT2D eigenvalue weighted by atomic mass is 9.92. The molecule has 1 amide bonds. The minimum atomic E-state index is -0.752. The van der Waals surface area contributed by atoms with Gasteiger partial charge in [-0.2, -0.15) is 0 Å². The van der Waals surface area contributed by atoms with Gasteiger partial charge >= 0.3 is 0 Å². The highest BCUT2D eigenvalue weighted by molar-refractivity contribution is 6.04. The number of piperidine rings is 1. The lowest BCUT2D eigenvalue weighted by molar-refractivity contribution is 0.0996. The van der Waals surface area contributed by atoms with Crippen LogP contribution in [0.4, 0.5) is 14.5 Å². The highest BCUT2D eigenvalue weighted by Gasteiger charge is 2.29. The molecule has 2 unspecified atom stereocenters. The van der Waals surface area contributed by atoms with Gasteiger partial charge in [0.15, 0.2) is 23.1 Å². The number of hydrogen-bond donors (Lipinski definition) is 2. The largest absolute Gasteiger partial charge is 0.486 e. The predicted molar refractivity (Wildman–Crippen MR) is 179 cm³/mol. The summed E-state index contributed by atoms with van der Waals surface area (Å²) in [5, 5.41) is 6.53. The van der Waals surface area contributed by atoms with Gasteiger partial charge in [-0.1, -0.05) is 6.92 Å². The highest BCUT2D eigenvalue weighted by atomic mass is 19.1. The number of anilines is 1. The van der Waals surface area contributed by atoms with E-state index < -0.39 is 23.1 Å². The molecule has 2 aliphatic rings. The van der Waals surface area contributed by atoms with E-state index in [0.717, 1.165) is 38.4 Å². The molecule has 2 atom stereocenters. The van der Waals surface area contributed by atoms with Gasteiger partial charge in [0.2, 0.25) is 5.75 Å². The summed E-state index contributed by atoms with van der Waals surface area (Å²) in [4.78, 5) is 30.7. The Hall–Kier alpha value is -5.49. The zero-order valence-corrected chi connectivity index (χ0v) is 26.7. The first-order chi connectivity index (χ1) is 23.9. The van der Waals surface area contributed by atoms with Crippen LogP contribution in [0.5, 0.6) is 28.7 Å². The molecule has 1 fully saturated rings. The second-order valence-electron chi connectivity index (χ2n) is 11.9. The number of fused-ring (bicyclic) bond motifs is 3. The first-order valence-corrected chi connectivity index (χ1v) is 16.2. The van der Waals surface area contributed by atoms with Gasteiger partial charge < -0.3 is 29.6 Å². The summed E-state index contributed by atoms with van der Waals surface area (Å²) in [7, 11) is 0. The van der Waals surface area contributed by atoms with E-state index in [9.17, 15) is 14.0 Å². The molecule has 0 radical (unpaired) electrons. The minimum absolute atomic E-state index is 0.0230. The van der Waals surface area contributed by atoms with Crippen LogP contribution in [0.2, 0.25) is 0 Å². The molecule has 49 heavy (non-hydrogen) atoms. The molecule has 4 heterocycles. The van der Waals surface area contributed by atoms with Crippen LogP contribution >= 0.6 is 0 Å². The maximum atomic E-state index is 15.5. The van der Waals surface area contributed by atoms with E-state index in [2.05, 4.69) is 22.5 Å². The van der Waals surface area contributed by atoms with Gasteiger partial charge in [0.05, 0.1) is 10.9 Å². The summed E-state index contributed by atoms with van der Waals surface area (Å²) in [6.45, 7) is 4.66. The highest BCUT2D eigenvalue weighted by Crippen LogP contribution is 2.49. The molecule has 3 aromatic carbocycles. The number of hydrogen-bond acceptors (Lipinski definition) is 8. The first kappa shape index (κ1) is 32.1. The zero-order valence-electron chi connectivity index (χ0n) is 26.7. The van der Waals surface area contributed by atoms with Crippen molar-refractivity contribution in [2.24, 2.45) is 5.92 Å². The Kier molecular flexibility index (Phi) is 9.12. The Morgan fingerprint density at radius 3 is 2.61 bits per heavy atom. The number of aromatic nitrogens is 2. The summed E-state index contributed by atoms with van der Waals surface area (Å²) >= 11 is 0. The number of halogens is 2. The molecule has 0 bridgehead atoms. The lowest BCUT2D eigenvalue weighted by Gasteiger charge is -2.32. The smallest absolute Gasteiger partial charge is 0.267 e. The van der Waals surface area contributed by atoms with Gasteiger partial charge in [-0.25, -0.2) is 8.78 Å². The van der Waals surface area contributed by atoms with Gasteiger partial charge in [-0.3, -0.25) is 19.1 Å². The number of nitrogens with one attached hydrogen (secondary N) is 2. The SMILES string of the molecule is CCC(Oc1cc2nccc(Oc3ccc(NC(=O)c4cccn(-c5ccc(F)cc5)c4=O)cc3F)c2c2c1OCCO2)C1CCCNC1. The second-order valence-corrected chi connectivity index (χ2v) is 11.9. The number of pyridine rings is 2. The molecule has 0 aliphatic carbocycles. The van der Waals surface area contributed by atoms with Crippen LogP contribution in [0.25, 0.3) is 16.6 Å². The number of ether oxygens (including phenoxy) is 4. The molecule has 12 heteroatoms. The summed E-state index contributed by atoms with van der Waals surface area (Å²) in [5.41, 5.74) is 0.247. The van der Waals surface area contributed by atoms with Crippen molar-refractivity contribution in [3.63, 3.8) is 0 Å². The van der Waals surface area contributed by atoms with Crippen molar-refractivity contribution < 1.29 is 32.5 Å². The maximum absolute atomic E-state index is 15.5. The molecule has 0 spiro atoms. The van der Waals surface area contributed by atoms with Crippen LogP contribution in [0, 0.1) is 17.6 Å². The third-order valence-electron chi connectivity index (χ3n) is 8.69. The fourth-order valence-corrected chi connectivity index (χ4v) is 6.27. The fourth-order valence-electron chi connectivity index (χ4n) is 6.27. The fraction of sp³-hybridized carbons (Fsp3) is 0.270. The lowest BCUT2D eigenvalue weighted by Crippen LogP contribution is -2.39. The summed E-state index contributed by atoms with van der Waals surface area (Å²) in [6.07, 6.45) is 6.01. The molecule has 0 saturated carbocycles. The maximum Gasteiger partial charge on any atom is 0.267 e. The van der Waals surface area contributed by atoms with Gasteiger partial charge in [-0.05, 0) is 80.4 Å². The zero-order chi connectivity index (χ0) is 33.9. The number of rotatable bonds is 9. The Labute approximate surface area is 280 Å². The van der Waals surface area contributed by atoms with Crippen LogP contribution in [0.3, 0.4) is 0 Å². The van der Waals surface area contributed by atoms with Crippen molar-refractivity contribution in [2.45, 2.75) is 32.3 Å². The van der Waals surface area contributed by atoms with E-state index >= 15 is 4.39 Å².